The van der Waals surface area contributed by atoms with Gasteiger partial charge in [-0.15, -0.1) is 0 Å². The average molecular weight is 286 g/mol. The number of benzene rings is 1. The van der Waals surface area contributed by atoms with Crippen LogP contribution >= 0.6 is 15.9 Å². The molecule has 0 fully saturated rings. The molecule has 1 rings (SSSR count). The SMILES string of the molecule is CC(CCO)CNC(C)c1ccccc1Br. The lowest BCUT2D eigenvalue weighted by atomic mass is 10.1. The van der Waals surface area contributed by atoms with Gasteiger partial charge < -0.3 is 10.4 Å². The Morgan fingerprint density at radius 2 is 2.00 bits per heavy atom. The van der Waals surface area contributed by atoms with Gasteiger partial charge >= 0.3 is 0 Å². The lowest BCUT2D eigenvalue weighted by Crippen LogP contribution is -2.25. The Labute approximate surface area is 106 Å². The van der Waals surface area contributed by atoms with Crippen LogP contribution in [0.2, 0.25) is 0 Å². The van der Waals surface area contributed by atoms with E-state index in [1.165, 1.54) is 5.56 Å². The predicted octanol–water partition coefficient (Wildman–Crippen LogP) is 3.12. The minimum atomic E-state index is 0.270. The van der Waals surface area contributed by atoms with Gasteiger partial charge in [0.1, 0.15) is 0 Å². The molecule has 90 valence electrons. The van der Waals surface area contributed by atoms with E-state index in [2.05, 4.69) is 53.3 Å². The standard InChI is InChI=1S/C13H20BrNO/c1-10(7-8-16)9-15-11(2)12-5-3-4-6-13(12)14/h3-6,10-11,15-16H,7-9H2,1-2H3. The summed E-state index contributed by atoms with van der Waals surface area (Å²) in [6, 6.07) is 8.59. The van der Waals surface area contributed by atoms with Gasteiger partial charge in [-0.3, -0.25) is 0 Å². The first-order valence-electron chi connectivity index (χ1n) is 5.73. The van der Waals surface area contributed by atoms with E-state index in [4.69, 9.17) is 5.11 Å². The van der Waals surface area contributed by atoms with Crippen LogP contribution in [0.4, 0.5) is 0 Å². The molecule has 0 radical (unpaired) electrons. The van der Waals surface area contributed by atoms with E-state index in [1.54, 1.807) is 0 Å². The summed E-state index contributed by atoms with van der Waals surface area (Å²) in [4.78, 5) is 0. The Bertz CT molecular complexity index is 317. The van der Waals surface area contributed by atoms with Gasteiger partial charge in [-0.25, -0.2) is 0 Å². The lowest BCUT2D eigenvalue weighted by Gasteiger charge is -2.18. The number of hydrogen-bond acceptors (Lipinski definition) is 2. The Morgan fingerprint density at radius 1 is 1.31 bits per heavy atom. The van der Waals surface area contributed by atoms with E-state index in [1.807, 2.05) is 6.07 Å². The fraction of sp³-hybridized carbons (Fsp3) is 0.538. The summed E-state index contributed by atoms with van der Waals surface area (Å²) in [6.45, 7) is 5.51. The average Bonchev–Trinajstić information content (AvgIpc) is 2.27. The first-order chi connectivity index (χ1) is 7.65. The molecular weight excluding hydrogens is 266 g/mol. The quantitative estimate of drug-likeness (QED) is 0.842. The summed E-state index contributed by atoms with van der Waals surface area (Å²) in [5, 5.41) is 12.3. The number of halogens is 1. The van der Waals surface area contributed by atoms with Crippen molar-refractivity contribution in [2.24, 2.45) is 5.92 Å². The van der Waals surface area contributed by atoms with Crippen molar-refractivity contribution in [1.29, 1.82) is 0 Å². The molecule has 0 bridgehead atoms. The third kappa shape index (κ3) is 4.24. The summed E-state index contributed by atoms with van der Waals surface area (Å²) in [5.41, 5.74) is 1.28. The second-order valence-electron chi connectivity index (χ2n) is 4.27. The number of aliphatic hydroxyl groups is 1. The molecule has 0 aromatic heterocycles. The number of rotatable bonds is 6. The molecule has 0 saturated carbocycles. The Morgan fingerprint density at radius 3 is 2.62 bits per heavy atom. The lowest BCUT2D eigenvalue weighted by molar-refractivity contribution is 0.258. The van der Waals surface area contributed by atoms with Gasteiger partial charge in [-0.2, -0.15) is 0 Å². The van der Waals surface area contributed by atoms with Gasteiger partial charge in [0.25, 0.3) is 0 Å². The molecule has 0 aliphatic carbocycles. The van der Waals surface area contributed by atoms with E-state index >= 15 is 0 Å². The van der Waals surface area contributed by atoms with Crippen molar-refractivity contribution in [3.05, 3.63) is 34.3 Å². The van der Waals surface area contributed by atoms with Crippen LogP contribution in [0.1, 0.15) is 31.9 Å². The predicted molar refractivity (Wildman–Crippen MR) is 71.4 cm³/mol. The third-order valence-electron chi connectivity index (χ3n) is 2.77. The summed E-state index contributed by atoms with van der Waals surface area (Å²) < 4.78 is 1.14. The Hall–Kier alpha value is -0.380. The zero-order chi connectivity index (χ0) is 12.0. The molecule has 3 heteroatoms. The highest BCUT2D eigenvalue weighted by Gasteiger charge is 2.09. The van der Waals surface area contributed by atoms with E-state index in [-0.39, 0.29) is 6.61 Å². The van der Waals surface area contributed by atoms with Gasteiger partial charge in [0.15, 0.2) is 0 Å². The zero-order valence-corrected chi connectivity index (χ0v) is 11.5. The smallest absolute Gasteiger partial charge is 0.0434 e. The maximum absolute atomic E-state index is 8.83. The second kappa shape index (κ2) is 7.05. The Kier molecular flexibility index (Phi) is 6.03. The molecule has 0 aliphatic heterocycles. The fourth-order valence-electron chi connectivity index (χ4n) is 1.64. The number of aliphatic hydroxyl groups excluding tert-OH is 1. The van der Waals surface area contributed by atoms with Crippen molar-refractivity contribution in [1.82, 2.24) is 5.32 Å². The summed E-state index contributed by atoms with van der Waals surface area (Å²) in [5.74, 6) is 0.509. The van der Waals surface area contributed by atoms with Gasteiger partial charge in [-0.1, -0.05) is 41.1 Å². The van der Waals surface area contributed by atoms with Crippen molar-refractivity contribution in [2.75, 3.05) is 13.2 Å². The van der Waals surface area contributed by atoms with E-state index < -0.39 is 0 Å². The monoisotopic (exact) mass is 285 g/mol. The summed E-state index contributed by atoms with van der Waals surface area (Å²) in [6.07, 6.45) is 0.857. The van der Waals surface area contributed by atoms with Crippen molar-refractivity contribution in [3.8, 4) is 0 Å². The molecule has 16 heavy (non-hydrogen) atoms. The third-order valence-corrected chi connectivity index (χ3v) is 3.49. The van der Waals surface area contributed by atoms with E-state index in [9.17, 15) is 0 Å². The minimum absolute atomic E-state index is 0.270. The second-order valence-corrected chi connectivity index (χ2v) is 5.12. The van der Waals surface area contributed by atoms with E-state index in [0.29, 0.717) is 12.0 Å². The molecule has 1 aromatic rings. The molecule has 2 nitrogen and oxygen atoms in total. The minimum Gasteiger partial charge on any atom is -0.396 e. The highest BCUT2D eigenvalue weighted by molar-refractivity contribution is 9.10. The van der Waals surface area contributed by atoms with Gasteiger partial charge in [0, 0.05) is 17.1 Å². The van der Waals surface area contributed by atoms with Crippen LogP contribution in [-0.4, -0.2) is 18.3 Å². The van der Waals surface area contributed by atoms with Crippen LogP contribution in [0.5, 0.6) is 0 Å². The highest BCUT2D eigenvalue weighted by Crippen LogP contribution is 2.22. The molecule has 0 heterocycles. The van der Waals surface area contributed by atoms with Crippen molar-refractivity contribution in [2.45, 2.75) is 26.3 Å². The van der Waals surface area contributed by atoms with Crippen LogP contribution in [0, 0.1) is 5.92 Å². The molecule has 0 spiro atoms. The number of nitrogens with one attached hydrogen (secondary N) is 1. The molecule has 2 unspecified atom stereocenters. The maximum atomic E-state index is 8.83. The zero-order valence-electron chi connectivity index (χ0n) is 9.91. The summed E-state index contributed by atoms with van der Waals surface area (Å²) >= 11 is 3.55. The van der Waals surface area contributed by atoms with Crippen molar-refractivity contribution >= 4 is 15.9 Å². The van der Waals surface area contributed by atoms with Gasteiger partial charge in [-0.05, 0) is 37.4 Å². The molecule has 0 aliphatic rings. The van der Waals surface area contributed by atoms with Crippen LogP contribution in [0.25, 0.3) is 0 Å². The summed E-state index contributed by atoms with van der Waals surface area (Å²) in [7, 11) is 0. The maximum Gasteiger partial charge on any atom is 0.0434 e. The first-order valence-corrected chi connectivity index (χ1v) is 6.53. The van der Waals surface area contributed by atoms with E-state index in [0.717, 1.165) is 17.4 Å². The van der Waals surface area contributed by atoms with Crippen LogP contribution in [0.3, 0.4) is 0 Å². The van der Waals surface area contributed by atoms with Crippen LogP contribution in [0.15, 0.2) is 28.7 Å². The Balaban J connectivity index is 2.46. The van der Waals surface area contributed by atoms with Crippen molar-refractivity contribution in [3.63, 3.8) is 0 Å². The normalized spacial score (nSPS) is 14.8. The van der Waals surface area contributed by atoms with Crippen LogP contribution < -0.4 is 5.32 Å². The molecule has 0 amide bonds. The first kappa shape index (κ1) is 13.7. The topological polar surface area (TPSA) is 32.3 Å². The van der Waals surface area contributed by atoms with Gasteiger partial charge in [0.05, 0.1) is 0 Å². The van der Waals surface area contributed by atoms with Gasteiger partial charge in [0.2, 0.25) is 0 Å². The molecular formula is C13H20BrNO. The fourth-order valence-corrected chi connectivity index (χ4v) is 2.26. The molecule has 1 aromatic carbocycles. The van der Waals surface area contributed by atoms with Crippen LogP contribution in [-0.2, 0) is 0 Å². The van der Waals surface area contributed by atoms with Crippen molar-refractivity contribution < 1.29 is 5.11 Å². The molecule has 2 atom stereocenters. The molecule has 2 N–H and O–H groups in total. The molecule has 0 saturated heterocycles. The largest absolute Gasteiger partial charge is 0.396 e. The highest BCUT2D eigenvalue weighted by atomic mass is 79.9. The number of hydrogen-bond donors (Lipinski definition) is 2.